The first-order valence-corrected chi connectivity index (χ1v) is 4.34. The molecule has 0 aliphatic carbocycles. The molecule has 0 aliphatic heterocycles. The summed E-state index contributed by atoms with van der Waals surface area (Å²) in [6, 6.07) is 6.87. The van der Waals surface area contributed by atoms with E-state index >= 15 is 0 Å². The summed E-state index contributed by atoms with van der Waals surface area (Å²) in [4.78, 5) is 10.5. The largest absolute Gasteiger partial charge is 0.497 e. The zero-order chi connectivity index (χ0) is 11.3. The number of carboxylic acid groups (broad SMARTS) is 1. The van der Waals surface area contributed by atoms with Gasteiger partial charge in [-0.1, -0.05) is 0 Å². The fourth-order valence-corrected chi connectivity index (χ4v) is 0.861. The molecule has 0 aromatic heterocycles. The molecule has 0 atom stereocenters. The van der Waals surface area contributed by atoms with E-state index in [1.165, 1.54) is 13.2 Å². The van der Waals surface area contributed by atoms with E-state index in [-0.39, 0.29) is 5.57 Å². The number of carboxylic acids is 1. The number of rotatable bonds is 4. The zero-order valence-electron chi connectivity index (χ0n) is 8.56. The quantitative estimate of drug-likeness (QED) is 0.607. The van der Waals surface area contributed by atoms with Gasteiger partial charge in [-0.2, -0.15) is 0 Å². The molecule has 80 valence electrons. The van der Waals surface area contributed by atoms with Crippen LogP contribution >= 0.6 is 0 Å². The second-order valence-corrected chi connectivity index (χ2v) is 2.90. The van der Waals surface area contributed by atoms with Gasteiger partial charge in [0.25, 0.3) is 0 Å². The summed E-state index contributed by atoms with van der Waals surface area (Å²) in [5.74, 6) is 0.293. The summed E-state index contributed by atoms with van der Waals surface area (Å²) in [5.41, 5.74) is 0.144. The molecule has 1 aromatic carbocycles. The van der Waals surface area contributed by atoms with Gasteiger partial charge in [-0.15, -0.1) is 0 Å². The van der Waals surface area contributed by atoms with E-state index in [4.69, 9.17) is 14.6 Å². The van der Waals surface area contributed by atoms with E-state index in [0.29, 0.717) is 5.75 Å². The Kier molecular flexibility index (Phi) is 3.74. The summed E-state index contributed by atoms with van der Waals surface area (Å²) >= 11 is 0. The van der Waals surface area contributed by atoms with Crippen molar-refractivity contribution in [3.05, 3.63) is 36.1 Å². The molecule has 0 bridgehead atoms. The monoisotopic (exact) mass is 208 g/mol. The van der Waals surface area contributed by atoms with Crippen molar-refractivity contribution in [1.82, 2.24) is 0 Å². The summed E-state index contributed by atoms with van der Waals surface area (Å²) in [6.07, 6.45) is 1.20. The predicted octanol–water partition coefficient (Wildman–Crippen LogP) is 2.06. The third-order valence-electron chi connectivity index (χ3n) is 1.77. The van der Waals surface area contributed by atoms with Gasteiger partial charge in [0.05, 0.1) is 12.7 Å². The molecule has 0 spiro atoms. The molecule has 1 N–H and O–H groups in total. The highest BCUT2D eigenvalue weighted by molar-refractivity contribution is 5.85. The molecular formula is C11H12O4. The third-order valence-corrected chi connectivity index (χ3v) is 1.77. The molecule has 0 amide bonds. The molecule has 1 aromatic rings. The highest BCUT2D eigenvalue weighted by Gasteiger charge is 2.00. The molecule has 4 nitrogen and oxygen atoms in total. The van der Waals surface area contributed by atoms with Gasteiger partial charge in [-0.25, -0.2) is 4.79 Å². The maximum absolute atomic E-state index is 10.5. The molecule has 0 radical (unpaired) electrons. The molecule has 0 saturated carbocycles. The summed E-state index contributed by atoms with van der Waals surface area (Å²) in [5, 5.41) is 8.57. The van der Waals surface area contributed by atoms with E-state index < -0.39 is 5.97 Å². The minimum Gasteiger partial charge on any atom is -0.497 e. The SMILES string of the molecule is COc1ccc(O/C=C(\C)C(=O)O)cc1. The first-order valence-electron chi connectivity index (χ1n) is 4.34. The highest BCUT2D eigenvalue weighted by Crippen LogP contribution is 2.17. The molecule has 0 fully saturated rings. The van der Waals surface area contributed by atoms with E-state index in [2.05, 4.69) is 0 Å². The van der Waals surface area contributed by atoms with Crippen LogP contribution in [0.15, 0.2) is 36.1 Å². The number of hydrogen-bond donors (Lipinski definition) is 1. The molecule has 15 heavy (non-hydrogen) atoms. The maximum atomic E-state index is 10.5. The Bertz CT molecular complexity index is 365. The number of benzene rings is 1. The first kappa shape index (κ1) is 11.1. The van der Waals surface area contributed by atoms with Crippen LogP contribution in [0.4, 0.5) is 0 Å². The predicted molar refractivity (Wildman–Crippen MR) is 55.0 cm³/mol. The molecule has 0 aliphatic rings. The van der Waals surface area contributed by atoms with Crippen LogP contribution in [0, 0.1) is 0 Å². The third kappa shape index (κ3) is 3.34. The van der Waals surface area contributed by atoms with E-state index in [1.807, 2.05) is 0 Å². The van der Waals surface area contributed by atoms with Gasteiger partial charge in [0.2, 0.25) is 0 Å². The molecule has 4 heteroatoms. The number of aliphatic carboxylic acids is 1. The number of hydrogen-bond acceptors (Lipinski definition) is 3. The first-order chi connectivity index (χ1) is 7.13. The Hall–Kier alpha value is -1.97. The van der Waals surface area contributed by atoms with Crippen molar-refractivity contribution in [2.45, 2.75) is 6.92 Å². The van der Waals surface area contributed by atoms with Crippen LogP contribution in [-0.2, 0) is 4.79 Å². The van der Waals surface area contributed by atoms with Crippen molar-refractivity contribution < 1.29 is 19.4 Å². The number of carbonyl (C=O) groups is 1. The standard InChI is InChI=1S/C11H12O4/c1-8(11(12)13)7-15-10-5-3-9(14-2)4-6-10/h3-7H,1-2H3,(H,12,13)/b8-7+. The van der Waals surface area contributed by atoms with Gasteiger partial charge in [0.15, 0.2) is 0 Å². The van der Waals surface area contributed by atoms with Crippen LogP contribution in [0.5, 0.6) is 11.5 Å². The van der Waals surface area contributed by atoms with Crippen LogP contribution in [0.2, 0.25) is 0 Å². The maximum Gasteiger partial charge on any atom is 0.334 e. The topological polar surface area (TPSA) is 55.8 Å². The van der Waals surface area contributed by atoms with Gasteiger partial charge in [-0.05, 0) is 31.2 Å². The van der Waals surface area contributed by atoms with Crippen LogP contribution in [-0.4, -0.2) is 18.2 Å². The molecule has 0 saturated heterocycles. The minimum absolute atomic E-state index is 0.144. The molecule has 0 heterocycles. The van der Waals surface area contributed by atoms with Crippen molar-refractivity contribution in [3.63, 3.8) is 0 Å². The fraction of sp³-hybridized carbons (Fsp3) is 0.182. The van der Waals surface area contributed by atoms with Crippen molar-refractivity contribution >= 4 is 5.97 Å². The van der Waals surface area contributed by atoms with Gasteiger partial charge < -0.3 is 14.6 Å². The van der Waals surface area contributed by atoms with Crippen molar-refractivity contribution in [2.75, 3.05) is 7.11 Å². The lowest BCUT2D eigenvalue weighted by atomic mass is 10.3. The average Bonchev–Trinajstić information content (AvgIpc) is 2.26. The lowest BCUT2D eigenvalue weighted by Crippen LogP contribution is -1.98. The Morgan fingerprint density at radius 1 is 1.27 bits per heavy atom. The fourth-order valence-electron chi connectivity index (χ4n) is 0.861. The lowest BCUT2D eigenvalue weighted by molar-refractivity contribution is -0.132. The molecular weight excluding hydrogens is 196 g/mol. The van der Waals surface area contributed by atoms with Crippen LogP contribution in [0.25, 0.3) is 0 Å². The van der Waals surface area contributed by atoms with Gasteiger partial charge in [0.1, 0.15) is 17.8 Å². The van der Waals surface area contributed by atoms with Crippen molar-refractivity contribution in [2.24, 2.45) is 0 Å². The zero-order valence-corrected chi connectivity index (χ0v) is 8.56. The smallest absolute Gasteiger partial charge is 0.334 e. The Balaban J connectivity index is 2.66. The Labute approximate surface area is 87.7 Å². The lowest BCUT2D eigenvalue weighted by Gasteiger charge is -2.02. The van der Waals surface area contributed by atoms with E-state index in [9.17, 15) is 4.79 Å². The molecule has 0 unspecified atom stereocenters. The van der Waals surface area contributed by atoms with Gasteiger partial charge >= 0.3 is 5.97 Å². The normalized spacial score (nSPS) is 10.9. The number of methoxy groups -OCH3 is 1. The van der Waals surface area contributed by atoms with E-state index in [1.54, 1.807) is 31.4 Å². The van der Waals surface area contributed by atoms with Crippen molar-refractivity contribution in [3.8, 4) is 11.5 Å². The van der Waals surface area contributed by atoms with Crippen LogP contribution < -0.4 is 9.47 Å². The van der Waals surface area contributed by atoms with Crippen LogP contribution in [0.1, 0.15) is 6.92 Å². The van der Waals surface area contributed by atoms with Crippen LogP contribution in [0.3, 0.4) is 0 Å². The molecule has 1 rings (SSSR count). The summed E-state index contributed by atoms with van der Waals surface area (Å²) in [7, 11) is 1.57. The Morgan fingerprint density at radius 3 is 2.27 bits per heavy atom. The Morgan fingerprint density at radius 2 is 1.80 bits per heavy atom. The average molecular weight is 208 g/mol. The van der Waals surface area contributed by atoms with Gasteiger partial charge in [0, 0.05) is 0 Å². The second kappa shape index (κ2) is 5.05. The minimum atomic E-state index is -0.997. The van der Waals surface area contributed by atoms with Crippen molar-refractivity contribution in [1.29, 1.82) is 0 Å². The van der Waals surface area contributed by atoms with E-state index in [0.717, 1.165) is 5.75 Å². The summed E-state index contributed by atoms with van der Waals surface area (Å²) in [6.45, 7) is 1.46. The van der Waals surface area contributed by atoms with Gasteiger partial charge in [-0.3, -0.25) is 0 Å². The second-order valence-electron chi connectivity index (χ2n) is 2.90. The summed E-state index contributed by atoms with van der Waals surface area (Å²) < 4.78 is 10.1. The highest BCUT2D eigenvalue weighted by atomic mass is 16.5. The number of ether oxygens (including phenoxy) is 2.